The number of nitrogens with zero attached hydrogens (tertiary/aromatic N) is 3. The van der Waals surface area contributed by atoms with Gasteiger partial charge in [0.2, 0.25) is 0 Å². The molecule has 172 valence electrons. The molecule has 0 unspecified atom stereocenters. The van der Waals surface area contributed by atoms with Gasteiger partial charge in [0.1, 0.15) is 0 Å². The first-order valence-electron chi connectivity index (χ1n) is 11.6. The first-order valence-corrected chi connectivity index (χ1v) is 12.4. The molecule has 2 fully saturated rings. The van der Waals surface area contributed by atoms with E-state index in [0.29, 0.717) is 5.11 Å². The normalized spacial score (nSPS) is 21.5. The molecule has 1 aromatic carbocycles. The minimum atomic E-state index is -0.0605. The minimum absolute atomic E-state index is 0.0323. The van der Waals surface area contributed by atoms with Crippen molar-refractivity contribution in [3.8, 4) is 0 Å². The number of nitrogens with one attached hydrogen (secondary N) is 2. The highest BCUT2D eigenvalue weighted by Gasteiger charge is 2.42. The predicted molar refractivity (Wildman–Crippen MR) is 140 cm³/mol. The van der Waals surface area contributed by atoms with E-state index in [2.05, 4.69) is 76.2 Å². The summed E-state index contributed by atoms with van der Waals surface area (Å²) in [5.41, 5.74) is 6.55. The number of halogens is 1. The van der Waals surface area contributed by atoms with Crippen LogP contribution in [0, 0.1) is 19.8 Å². The van der Waals surface area contributed by atoms with Crippen LogP contribution >= 0.6 is 23.8 Å². The Kier molecular flexibility index (Phi) is 6.06. The number of pyridine rings is 1. The molecule has 0 bridgehead atoms. The smallest absolute Gasteiger partial charge is 0.174 e. The molecule has 33 heavy (non-hydrogen) atoms. The molecule has 5 rings (SSSR count). The van der Waals surface area contributed by atoms with E-state index in [1.165, 1.54) is 18.4 Å². The number of aromatic amines is 1. The molecule has 0 spiro atoms. The monoisotopic (exact) mass is 479 g/mol. The molecule has 4 heterocycles. The van der Waals surface area contributed by atoms with Crippen molar-refractivity contribution < 1.29 is 0 Å². The van der Waals surface area contributed by atoms with E-state index in [-0.39, 0.29) is 12.1 Å². The maximum absolute atomic E-state index is 6.86. The van der Waals surface area contributed by atoms with Gasteiger partial charge < -0.3 is 20.1 Å². The Morgan fingerprint density at radius 3 is 2.52 bits per heavy atom. The molecule has 3 aromatic rings. The second-order valence-electron chi connectivity index (χ2n) is 9.33. The lowest BCUT2D eigenvalue weighted by Crippen LogP contribution is -2.33. The second kappa shape index (κ2) is 8.99. The number of hydrogen-bond donors (Lipinski definition) is 2. The van der Waals surface area contributed by atoms with Gasteiger partial charge in [-0.3, -0.25) is 4.98 Å². The molecule has 2 N–H and O–H groups in total. The zero-order chi connectivity index (χ0) is 23.1. The summed E-state index contributed by atoms with van der Waals surface area (Å²) >= 11 is 12.7. The Balaban J connectivity index is 1.53. The average molecular weight is 480 g/mol. The van der Waals surface area contributed by atoms with Crippen molar-refractivity contribution in [2.75, 3.05) is 22.9 Å². The van der Waals surface area contributed by atoms with Crippen molar-refractivity contribution >= 4 is 40.3 Å². The minimum Gasteiger partial charge on any atom is -0.370 e. The molecule has 2 aliphatic heterocycles. The number of anilines is 2. The van der Waals surface area contributed by atoms with Gasteiger partial charge in [-0.15, -0.1) is 0 Å². The summed E-state index contributed by atoms with van der Waals surface area (Å²) in [5, 5.41) is 4.99. The van der Waals surface area contributed by atoms with Crippen LogP contribution in [0.5, 0.6) is 0 Å². The van der Waals surface area contributed by atoms with Crippen LogP contribution in [0.4, 0.5) is 11.4 Å². The van der Waals surface area contributed by atoms with Crippen LogP contribution in [0.1, 0.15) is 54.5 Å². The topological polar surface area (TPSA) is 47.2 Å². The van der Waals surface area contributed by atoms with E-state index in [1.54, 1.807) is 0 Å². The van der Waals surface area contributed by atoms with Gasteiger partial charge in [0.25, 0.3) is 0 Å². The quantitative estimate of drug-likeness (QED) is 0.443. The number of H-pyrrole nitrogens is 1. The average Bonchev–Trinajstić information content (AvgIpc) is 3.32. The Bertz CT molecular complexity index is 1150. The molecule has 0 saturated carbocycles. The lowest BCUT2D eigenvalue weighted by molar-refractivity contribution is 0.438. The number of piperidine rings is 1. The molecule has 0 radical (unpaired) electrons. The Morgan fingerprint density at radius 1 is 1.09 bits per heavy atom. The molecular formula is C26H30ClN5S. The van der Waals surface area contributed by atoms with Crippen LogP contribution in [-0.4, -0.2) is 28.2 Å². The lowest BCUT2D eigenvalue weighted by atomic mass is 9.96. The van der Waals surface area contributed by atoms with Crippen molar-refractivity contribution in [3.05, 3.63) is 76.3 Å². The summed E-state index contributed by atoms with van der Waals surface area (Å²) in [6.45, 7) is 8.63. The molecule has 2 saturated heterocycles. The van der Waals surface area contributed by atoms with E-state index in [9.17, 15) is 0 Å². The molecule has 7 heteroatoms. The highest BCUT2D eigenvalue weighted by Crippen LogP contribution is 2.44. The number of hydrogen-bond acceptors (Lipinski definition) is 3. The van der Waals surface area contributed by atoms with Crippen LogP contribution in [0.25, 0.3) is 0 Å². The van der Waals surface area contributed by atoms with Gasteiger partial charge >= 0.3 is 0 Å². The fourth-order valence-electron chi connectivity index (χ4n) is 5.15. The maximum Gasteiger partial charge on any atom is 0.174 e. The highest BCUT2D eigenvalue weighted by atomic mass is 35.5. The Hall–Kier alpha value is -2.57. The third-order valence-electron chi connectivity index (χ3n) is 6.94. The summed E-state index contributed by atoms with van der Waals surface area (Å²) in [4.78, 5) is 12.7. The zero-order valence-corrected chi connectivity index (χ0v) is 20.9. The van der Waals surface area contributed by atoms with E-state index < -0.39 is 0 Å². The van der Waals surface area contributed by atoms with Gasteiger partial charge in [-0.2, -0.15) is 0 Å². The van der Waals surface area contributed by atoms with E-state index in [1.807, 2.05) is 18.3 Å². The first kappa shape index (κ1) is 22.2. The van der Waals surface area contributed by atoms with E-state index in [4.69, 9.17) is 23.8 Å². The summed E-state index contributed by atoms with van der Waals surface area (Å²) in [7, 11) is 0. The van der Waals surface area contributed by atoms with Gasteiger partial charge in [-0.05, 0) is 86.8 Å². The number of rotatable bonds is 4. The fourth-order valence-corrected chi connectivity index (χ4v) is 5.79. The van der Waals surface area contributed by atoms with Gasteiger partial charge in [0.15, 0.2) is 5.11 Å². The van der Waals surface area contributed by atoms with Crippen LogP contribution in [0.3, 0.4) is 0 Å². The molecule has 2 aliphatic rings. The Labute approximate surface area is 206 Å². The molecule has 2 atom stereocenters. The van der Waals surface area contributed by atoms with Gasteiger partial charge in [0, 0.05) is 36.4 Å². The molecule has 2 aromatic heterocycles. The first-order chi connectivity index (χ1) is 15.9. The van der Waals surface area contributed by atoms with Gasteiger partial charge in [-0.25, -0.2) is 0 Å². The Morgan fingerprint density at radius 2 is 1.88 bits per heavy atom. The van der Waals surface area contributed by atoms with Gasteiger partial charge in [0.05, 0.1) is 28.5 Å². The van der Waals surface area contributed by atoms with Crippen molar-refractivity contribution in [2.24, 2.45) is 5.92 Å². The number of benzene rings is 1. The number of aromatic nitrogens is 2. The van der Waals surface area contributed by atoms with Crippen LogP contribution in [0.2, 0.25) is 5.02 Å². The van der Waals surface area contributed by atoms with Gasteiger partial charge in [-0.1, -0.05) is 24.6 Å². The standard InChI is InChI=1S/C26H30ClN5S/c1-16-9-12-31(13-10-16)23-8-7-19(15-21(23)27)32-25(20-14-17(2)29-18(20)3)24(30-26(32)33)22-6-4-5-11-28-22/h4-8,11,14-16,24-25,29H,9-10,12-13H2,1-3H3,(H,30,33)/t24-,25+/m1/s1. The van der Waals surface area contributed by atoms with Crippen molar-refractivity contribution in [1.82, 2.24) is 15.3 Å². The van der Waals surface area contributed by atoms with Crippen LogP contribution in [-0.2, 0) is 0 Å². The van der Waals surface area contributed by atoms with E-state index in [0.717, 1.165) is 52.5 Å². The van der Waals surface area contributed by atoms with Crippen LogP contribution < -0.4 is 15.1 Å². The zero-order valence-electron chi connectivity index (χ0n) is 19.3. The van der Waals surface area contributed by atoms with E-state index >= 15 is 0 Å². The number of thiocarbonyl (C=S) groups is 1. The number of aryl methyl sites for hydroxylation is 2. The van der Waals surface area contributed by atoms with Crippen LogP contribution in [0.15, 0.2) is 48.7 Å². The van der Waals surface area contributed by atoms with Crippen molar-refractivity contribution in [2.45, 2.75) is 45.7 Å². The molecule has 0 amide bonds. The fraction of sp³-hybridized carbons (Fsp3) is 0.385. The highest BCUT2D eigenvalue weighted by molar-refractivity contribution is 7.80. The third kappa shape index (κ3) is 4.22. The maximum atomic E-state index is 6.86. The van der Waals surface area contributed by atoms with Crippen molar-refractivity contribution in [1.29, 1.82) is 0 Å². The summed E-state index contributed by atoms with van der Waals surface area (Å²) in [6, 6.07) is 14.5. The summed E-state index contributed by atoms with van der Waals surface area (Å²) in [6.07, 6.45) is 4.25. The molecule has 5 nitrogen and oxygen atoms in total. The predicted octanol–water partition coefficient (Wildman–Crippen LogP) is 6.09. The molecular weight excluding hydrogens is 450 g/mol. The third-order valence-corrected chi connectivity index (χ3v) is 7.56. The lowest BCUT2D eigenvalue weighted by Gasteiger charge is -2.33. The largest absolute Gasteiger partial charge is 0.370 e. The summed E-state index contributed by atoms with van der Waals surface area (Å²) in [5.74, 6) is 0.782. The molecule has 0 aliphatic carbocycles. The summed E-state index contributed by atoms with van der Waals surface area (Å²) < 4.78 is 0. The van der Waals surface area contributed by atoms with Crippen molar-refractivity contribution in [3.63, 3.8) is 0 Å². The second-order valence-corrected chi connectivity index (χ2v) is 10.1. The SMILES string of the molecule is Cc1cc([C@H]2[C@@H](c3ccccn3)NC(=S)N2c2ccc(N3CCC(C)CC3)c(Cl)c2)c(C)[nH]1.